The second kappa shape index (κ2) is 5.12. The van der Waals surface area contributed by atoms with Gasteiger partial charge in [-0.2, -0.15) is 0 Å². The number of halogens is 1. The van der Waals surface area contributed by atoms with Gasteiger partial charge in [-0.1, -0.05) is 19.8 Å². The number of phenolic OH excluding ortho intramolecular Hbond substituents is 1. The summed E-state index contributed by atoms with van der Waals surface area (Å²) in [5.74, 6) is -0.216. The lowest BCUT2D eigenvalue weighted by Crippen LogP contribution is -2.11. The second-order valence-corrected chi connectivity index (χ2v) is 3.91. The van der Waals surface area contributed by atoms with E-state index in [-0.39, 0.29) is 17.6 Å². The standard InChI is InChI=1S/C12H18FNO/c1-3-4-5-11(14)10-7-9(13)6-8(2)12(10)15/h6-7,11,15H,3-5,14H2,1-2H3/t11-/m1/s1. The first-order valence-corrected chi connectivity index (χ1v) is 5.30. The van der Waals surface area contributed by atoms with Crippen LogP contribution >= 0.6 is 0 Å². The number of nitrogens with two attached hydrogens (primary N) is 1. The zero-order valence-corrected chi connectivity index (χ0v) is 9.26. The van der Waals surface area contributed by atoms with E-state index < -0.39 is 0 Å². The molecule has 0 aliphatic rings. The predicted octanol–water partition coefficient (Wildman–Crippen LogP) is 3.03. The minimum atomic E-state index is -0.341. The molecule has 3 heteroatoms. The Hall–Kier alpha value is -1.09. The van der Waals surface area contributed by atoms with Crippen molar-refractivity contribution in [3.63, 3.8) is 0 Å². The summed E-state index contributed by atoms with van der Waals surface area (Å²) in [6, 6.07) is 2.35. The van der Waals surface area contributed by atoms with Crippen LogP contribution in [0.2, 0.25) is 0 Å². The second-order valence-electron chi connectivity index (χ2n) is 3.91. The third-order valence-corrected chi connectivity index (χ3v) is 2.56. The van der Waals surface area contributed by atoms with Crippen molar-refractivity contribution >= 4 is 0 Å². The van der Waals surface area contributed by atoms with Crippen molar-refractivity contribution in [1.82, 2.24) is 0 Å². The van der Waals surface area contributed by atoms with Crippen LogP contribution in [0.3, 0.4) is 0 Å². The summed E-state index contributed by atoms with van der Waals surface area (Å²) >= 11 is 0. The monoisotopic (exact) mass is 211 g/mol. The third-order valence-electron chi connectivity index (χ3n) is 2.56. The molecule has 3 N–H and O–H groups in total. The van der Waals surface area contributed by atoms with Gasteiger partial charge in [-0.05, 0) is 31.0 Å². The molecule has 0 spiro atoms. The minimum Gasteiger partial charge on any atom is -0.507 e. The average Bonchev–Trinajstić information content (AvgIpc) is 2.19. The molecule has 1 aromatic rings. The zero-order valence-electron chi connectivity index (χ0n) is 9.26. The number of aryl methyl sites for hydroxylation is 1. The smallest absolute Gasteiger partial charge is 0.124 e. The Morgan fingerprint density at radius 2 is 2.13 bits per heavy atom. The van der Waals surface area contributed by atoms with Gasteiger partial charge >= 0.3 is 0 Å². The molecular weight excluding hydrogens is 193 g/mol. The van der Waals surface area contributed by atoms with Crippen molar-refractivity contribution in [3.8, 4) is 5.75 Å². The number of benzene rings is 1. The van der Waals surface area contributed by atoms with Crippen LogP contribution < -0.4 is 5.73 Å². The highest BCUT2D eigenvalue weighted by Gasteiger charge is 2.13. The van der Waals surface area contributed by atoms with Crippen LogP contribution in [-0.2, 0) is 0 Å². The lowest BCUT2D eigenvalue weighted by atomic mass is 9.99. The first-order chi connectivity index (χ1) is 7.06. The van der Waals surface area contributed by atoms with Gasteiger partial charge < -0.3 is 10.8 Å². The van der Waals surface area contributed by atoms with E-state index in [9.17, 15) is 9.50 Å². The molecule has 0 radical (unpaired) electrons. The molecule has 0 unspecified atom stereocenters. The summed E-state index contributed by atoms with van der Waals surface area (Å²) in [6.07, 6.45) is 2.80. The Morgan fingerprint density at radius 3 is 2.73 bits per heavy atom. The SMILES string of the molecule is CCCC[C@@H](N)c1cc(F)cc(C)c1O. The van der Waals surface area contributed by atoms with Crippen LogP contribution in [0.15, 0.2) is 12.1 Å². The number of rotatable bonds is 4. The number of hydrogen-bond acceptors (Lipinski definition) is 2. The molecular formula is C12H18FNO. The summed E-state index contributed by atoms with van der Waals surface area (Å²) in [5.41, 5.74) is 6.95. The molecule has 0 amide bonds. The molecule has 0 aromatic heterocycles. The maximum Gasteiger partial charge on any atom is 0.124 e. The van der Waals surface area contributed by atoms with E-state index in [1.807, 2.05) is 0 Å². The van der Waals surface area contributed by atoms with Gasteiger partial charge in [0.15, 0.2) is 0 Å². The number of phenols is 1. The number of unbranched alkanes of at least 4 members (excludes halogenated alkanes) is 1. The third kappa shape index (κ3) is 2.93. The van der Waals surface area contributed by atoms with Crippen LogP contribution in [-0.4, -0.2) is 5.11 Å². The lowest BCUT2D eigenvalue weighted by Gasteiger charge is -2.14. The normalized spacial score (nSPS) is 12.8. The molecule has 0 aliphatic heterocycles. The largest absolute Gasteiger partial charge is 0.507 e. The Morgan fingerprint density at radius 1 is 1.47 bits per heavy atom. The van der Waals surface area contributed by atoms with E-state index in [1.54, 1.807) is 6.92 Å². The van der Waals surface area contributed by atoms with E-state index in [1.165, 1.54) is 12.1 Å². The van der Waals surface area contributed by atoms with Crippen LogP contribution in [0.5, 0.6) is 5.75 Å². The summed E-state index contributed by atoms with van der Waals surface area (Å²) in [4.78, 5) is 0. The first-order valence-electron chi connectivity index (χ1n) is 5.30. The number of hydrogen-bond donors (Lipinski definition) is 2. The Balaban J connectivity index is 2.92. The molecule has 0 bridgehead atoms. The molecule has 0 heterocycles. The minimum absolute atomic E-state index is 0.125. The van der Waals surface area contributed by atoms with E-state index in [0.29, 0.717) is 11.1 Å². The fraction of sp³-hybridized carbons (Fsp3) is 0.500. The highest BCUT2D eigenvalue weighted by Crippen LogP contribution is 2.29. The Bertz CT molecular complexity index is 339. The maximum atomic E-state index is 13.1. The fourth-order valence-corrected chi connectivity index (χ4v) is 1.62. The van der Waals surface area contributed by atoms with E-state index in [0.717, 1.165) is 19.3 Å². The highest BCUT2D eigenvalue weighted by atomic mass is 19.1. The molecule has 1 atom stereocenters. The van der Waals surface area contributed by atoms with Crippen LogP contribution in [0.25, 0.3) is 0 Å². The molecule has 2 nitrogen and oxygen atoms in total. The topological polar surface area (TPSA) is 46.2 Å². The summed E-state index contributed by atoms with van der Waals surface area (Å²) < 4.78 is 13.1. The molecule has 0 saturated heterocycles. The summed E-state index contributed by atoms with van der Waals surface area (Å²) in [7, 11) is 0. The zero-order chi connectivity index (χ0) is 11.4. The van der Waals surface area contributed by atoms with Gasteiger partial charge in [0.05, 0.1) is 0 Å². The van der Waals surface area contributed by atoms with Crippen molar-refractivity contribution in [1.29, 1.82) is 0 Å². The lowest BCUT2D eigenvalue weighted by molar-refractivity contribution is 0.449. The van der Waals surface area contributed by atoms with Gasteiger partial charge in [0.25, 0.3) is 0 Å². The average molecular weight is 211 g/mol. The molecule has 1 aromatic carbocycles. The van der Waals surface area contributed by atoms with Crippen molar-refractivity contribution in [2.24, 2.45) is 5.73 Å². The van der Waals surface area contributed by atoms with Crippen LogP contribution in [0, 0.1) is 12.7 Å². The summed E-state index contributed by atoms with van der Waals surface area (Å²) in [5, 5.41) is 9.75. The Labute approximate surface area is 89.9 Å². The van der Waals surface area contributed by atoms with Gasteiger partial charge in [0, 0.05) is 11.6 Å². The van der Waals surface area contributed by atoms with Gasteiger partial charge in [-0.25, -0.2) is 4.39 Å². The highest BCUT2D eigenvalue weighted by molar-refractivity contribution is 5.41. The van der Waals surface area contributed by atoms with E-state index in [4.69, 9.17) is 5.73 Å². The first kappa shape index (κ1) is 12.0. The molecule has 0 saturated carbocycles. The van der Waals surface area contributed by atoms with Crippen LogP contribution in [0.1, 0.15) is 43.4 Å². The quantitative estimate of drug-likeness (QED) is 0.804. The molecule has 15 heavy (non-hydrogen) atoms. The van der Waals surface area contributed by atoms with Gasteiger partial charge in [0.1, 0.15) is 11.6 Å². The maximum absolute atomic E-state index is 13.1. The van der Waals surface area contributed by atoms with Crippen molar-refractivity contribution in [3.05, 3.63) is 29.1 Å². The van der Waals surface area contributed by atoms with Gasteiger partial charge in [-0.15, -0.1) is 0 Å². The van der Waals surface area contributed by atoms with E-state index in [2.05, 4.69) is 6.92 Å². The summed E-state index contributed by atoms with van der Waals surface area (Å²) in [6.45, 7) is 3.75. The number of aromatic hydroxyl groups is 1. The molecule has 0 aliphatic carbocycles. The van der Waals surface area contributed by atoms with Crippen molar-refractivity contribution < 1.29 is 9.50 Å². The van der Waals surface area contributed by atoms with Crippen molar-refractivity contribution in [2.75, 3.05) is 0 Å². The molecule has 1 rings (SSSR count). The fourth-order valence-electron chi connectivity index (χ4n) is 1.62. The van der Waals surface area contributed by atoms with Crippen molar-refractivity contribution in [2.45, 2.75) is 39.2 Å². The molecule has 0 fully saturated rings. The van der Waals surface area contributed by atoms with E-state index >= 15 is 0 Å². The Kier molecular flexibility index (Phi) is 4.09. The molecule has 84 valence electrons. The van der Waals surface area contributed by atoms with Crippen LogP contribution in [0.4, 0.5) is 4.39 Å². The predicted molar refractivity (Wildman–Crippen MR) is 59.3 cm³/mol. The van der Waals surface area contributed by atoms with Gasteiger partial charge in [-0.3, -0.25) is 0 Å². The van der Waals surface area contributed by atoms with Gasteiger partial charge in [0.2, 0.25) is 0 Å².